The van der Waals surface area contributed by atoms with E-state index < -0.39 is 11.6 Å². The number of hydrogen-bond acceptors (Lipinski definition) is 3. The monoisotopic (exact) mass is 536 g/mol. The Balaban J connectivity index is 1.87. The fourth-order valence-electron chi connectivity index (χ4n) is 4.33. The van der Waals surface area contributed by atoms with E-state index in [0.29, 0.717) is 18.0 Å². The summed E-state index contributed by atoms with van der Waals surface area (Å²) >= 11 is 7.83. The number of nitrogens with zero attached hydrogens (tertiary/aromatic N) is 1. The molecule has 0 bridgehead atoms. The van der Waals surface area contributed by atoms with Crippen LogP contribution in [0.15, 0.2) is 72.8 Å². The lowest BCUT2D eigenvalue weighted by Crippen LogP contribution is -2.54. The molecule has 0 aliphatic carbocycles. The lowest BCUT2D eigenvalue weighted by atomic mass is 10.0. The van der Waals surface area contributed by atoms with Gasteiger partial charge in [0.15, 0.2) is 0 Å². The first kappa shape index (κ1) is 28.8. The zero-order chi connectivity index (χ0) is 27.0. The van der Waals surface area contributed by atoms with Gasteiger partial charge in [-0.05, 0) is 63.4 Å². The second-order valence-corrected chi connectivity index (χ2v) is 12.0. The van der Waals surface area contributed by atoms with Gasteiger partial charge in [-0.1, -0.05) is 83.4 Å². The first-order valence-corrected chi connectivity index (χ1v) is 14.1. The Morgan fingerprint density at radius 1 is 0.892 bits per heavy atom. The molecule has 1 unspecified atom stereocenters. The van der Waals surface area contributed by atoms with Crippen LogP contribution >= 0.6 is 23.4 Å². The van der Waals surface area contributed by atoms with Crippen LogP contribution in [0.2, 0.25) is 5.02 Å². The number of hydrogen-bond donors (Lipinski definition) is 1. The number of thioether (sulfide) groups is 1. The minimum absolute atomic E-state index is 0.0701. The van der Waals surface area contributed by atoms with Crippen molar-refractivity contribution < 1.29 is 9.59 Å². The summed E-state index contributed by atoms with van der Waals surface area (Å²) in [6.07, 6.45) is 0.427. The summed E-state index contributed by atoms with van der Waals surface area (Å²) in [6.45, 7) is 10.3. The highest BCUT2D eigenvalue weighted by molar-refractivity contribution is 7.99. The molecule has 3 aromatic rings. The number of amides is 2. The molecule has 0 aromatic heterocycles. The van der Waals surface area contributed by atoms with E-state index in [2.05, 4.69) is 37.4 Å². The maximum Gasteiger partial charge on any atom is 0.243 e. The van der Waals surface area contributed by atoms with Crippen LogP contribution in [0.1, 0.15) is 48.6 Å². The average molecular weight is 537 g/mol. The molecule has 37 heavy (non-hydrogen) atoms. The number of carbonyl (C=O) groups is 2. The Morgan fingerprint density at radius 2 is 1.54 bits per heavy atom. The highest BCUT2D eigenvalue weighted by atomic mass is 35.5. The third kappa shape index (κ3) is 9.56. The molecule has 0 fully saturated rings. The van der Waals surface area contributed by atoms with Crippen molar-refractivity contribution in [2.75, 3.05) is 5.75 Å². The van der Waals surface area contributed by atoms with Gasteiger partial charge in [0.2, 0.25) is 11.8 Å². The fourth-order valence-corrected chi connectivity index (χ4v) is 5.39. The van der Waals surface area contributed by atoms with Crippen LogP contribution in [-0.4, -0.2) is 34.0 Å². The zero-order valence-corrected chi connectivity index (χ0v) is 24.0. The lowest BCUT2D eigenvalue weighted by molar-refractivity contribution is -0.140. The summed E-state index contributed by atoms with van der Waals surface area (Å²) in [7, 11) is 0. The smallest absolute Gasteiger partial charge is 0.243 e. The van der Waals surface area contributed by atoms with E-state index >= 15 is 0 Å². The van der Waals surface area contributed by atoms with E-state index in [4.69, 9.17) is 11.6 Å². The number of halogens is 1. The SMILES string of the molecule is Cc1cc(C)cc(CSCC(=O)N(Cc2cccc(Cl)c2)C(Cc2ccccc2)C(=O)NC(C)(C)C)c1. The van der Waals surface area contributed by atoms with Crippen LogP contribution in [0.25, 0.3) is 0 Å². The van der Waals surface area contributed by atoms with Crippen molar-refractivity contribution >= 4 is 35.2 Å². The summed E-state index contributed by atoms with van der Waals surface area (Å²) in [5.74, 6) is 0.781. The van der Waals surface area contributed by atoms with Gasteiger partial charge in [-0.15, -0.1) is 11.8 Å². The van der Waals surface area contributed by atoms with Gasteiger partial charge in [0.1, 0.15) is 6.04 Å². The molecule has 3 rings (SSSR count). The number of rotatable bonds is 10. The molecule has 2 amide bonds. The first-order chi connectivity index (χ1) is 17.5. The van der Waals surface area contributed by atoms with Crippen molar-refractivity contribution in [2.45, 2.75) is 64.9 Å². The largest absolute Gasteiger partial charge is 0.350 e. The maximum absolute atomic E-state index is 13.8. The normalized spacial score (nSPS) is 12.2. The Bertz CT molecular complexity index is 1190. The van der Waals surface area contributed by atoms with E-state index in [-0.39, 0.29) is 17.6 Å². The standard InChI is InChI=1S/C31H37ClN2O2S/c1-22-14-23(2)16-26(15-22)20-37-21-29(35)34(19-25-12-9-13-27(32)17-25)28(30(36)33-31(3,4)5)18-24-10-7-6-8-11-24/h6-17,28H,18-21H2,1-5H3,(H,33,36). The molecule has 0 aliphatic heterocycles. The van der Waals surface area contributed by atoms with Crippen LogP contribution < -0.4 is 5.32 Å². The van der Waals surface area contributed by atoms with E-state index in [1.165, 1.54) is 16.7 Å². The highest BCUT2D eigenvalue weighted by Gasteiger charge is 2.32. The van der Waals surface area contributed by atoms with Crippen molar-refractivity contribution in [2.24, 2.45) is 0 Å². The molecule has 196 valence electrons. The molecule has 0 saturated heterocycles. The van der Waals surface area contributed by atoms with Gasteiger partial charge in [-0.2, -0.15) is 0 Å². The molecule has 6 heteroatoms. The first-order valence-electron chi connectivity index (χ1n) is 12.5. The summed E-state index contributed by atoms with van der Waals surface area (Å²) in [5.41, 5.74) is 5.10. The van der Waals surface area contributed by atoms with Gasteiger partial charge in [-0.3, -0.25) is 9.59 Å². The minimum atomic E-state index is -0.657. The molecule has 0 radical (unpaired) electrons. The topological polar surface area (TPSA) is 49.4 Å². The summed E-state index contributed by atoms with van der Waals surface area (Å²) in [5, 5.41) is 3.71. The summed E-state index contributed by atoms with van der Waals surface area (Å²) in [6, 6.07) is 23.1. The van der Waals surface area contributed by atoms with Gasteiger partial charge in [0.05, 0.1) is 5.75 Å². The second-order valence-electron chi connectivity index (χ2n) is 10.6. The Labute approximate surface area is 230 Å². The minimum Gasteiger partial charge on any atom is -0.350 e. The van der Waals surface area contributed by atoms with E-state index in [9.17, 15) is 9.59 Å². The van der Waals surface area contributed by atoms with Crippen LogP contribution in [-0.2, 0) is 28.3 Å². The lowest BCUT2D eigenvalue weighted by Gasteiger charge is -2.34. The molecule has 1 N–H and O–H groups in total. The van der Waals surface area contributed by atoms with Crippen molar-refractivity contribution in [3.63, 3.8) is 0 Å². The van der Waals surface area contributed by atoms with Crippen molar-refractivity contribution in [1.82, 2.24) is 10.2 Å². The number of carbonyl (C=O) groups excluding carboxylic acids is 2. The van der Waals surface area contributed by atoms with E-state index in [1.54, 1.807) is 16.7 Å². The van der Waals surface area contributed by atoms with Gasteiger partial charge in [0, 0.05) is 29.3 Å². The molecule has 0 aliphatic rings. The molecular formula is C31H37ClN2O2S. The quantitative estimate of drug-likeness (QED) is 0.312. The van der Waals surface area contributed by atoms with Crippen molar-refractivity contribution in [1.29, 1.82) is 0 Å². The van der Waals surface area contributed by atoms with Gasteiger partial charge in [0.25, 0.3) is 0 Å². The Hall–Kier alpha value is -2.76. The van der Waals surface area contributed by atoms with E-state index in [1.807, 2.05) is 75.4 Å². The molecule has 0 heterocycles. The molecule has 0 saturated carbocycles. The third-order valence-electron chi connectivity index (χ3n) is 5.79. The molecular weight excluding hydrogens is 500 g/mol. The number of benzene rings is 3. The molecule has 1 atom stereocenters. The average Bonchev–Trinajstić information content (AvgIpc) is 2.80. The predicted molar refractivity (Wildman–Crippen MR) is 156 cm³/mol. The summed E-state index contributed by atoms with van der Waals surface area (Å²) in [4.78, 5) is 29.1. The fraction of sp³-hybridized carbons (Fsp3) is 0.355. The third-order valence-corrected chi connectivity index (χ3v) is 7.01. The van der Waals surface area contributed by atoms with Crippen LogP contribution in [0.5, 0.6) is 0 Å². The number of aryl methyl sites for hydroxylation is 2. The van der Waals surface area contributed by atoms with Gasteiger partial charge in [-0.25, -0.2) is 0 Å². The van der Waals surface area contributed by atoms with E-state index in [0.717, 1.165) is 16.9 Å². The highest BCUT2D eigenvalue weighted by Crippen LogP contribution is 2.21. The van der Waals surface area contributed by atoms with Crippen LogP contribution in [0.3, 0.4) is 0 Å². The van der Waals surface area contributed by atoms with Crippen LogP contribution in [0.4, 0.5) is 0 Å². The van der Waals surface area contributed by atoms with Gasteiger partial charge >= 0.3 is 0 Å². The van der Waals surface area contributed by atoms with Crippen molar-refractivity contribution in [3.8, 4) is 0 Å². The van der Waals surface area contributed by atoms with Gasteiger partial charge < -0.3 is 10.2 Å². The predicted octanol–water partition coefficient (Wildman–Crippen LogP) is 6.74. The molecule has 3 aromatic carbocycles. The molecule has 4 nitrogen and oxygen atoms in total. The summed E-state index contributed by atoms with van der Waals surface area (Å²) < 4.78 is 0. The van der Waals surface area contributed by atoms with Crippen molar-refractivity contribution in [3.05, 3.63) is 106 Å². The zero-order valence-electron chi connectivity index (χ0n) is 22.4. The molecule has 0 spiro atoms. The maximum atomic E-state index is 13.8. The van der Waals surface area contributed by atoms with Crippen LogP contribution in [0, 0.1) is 13.8 Å². The number of nitrogens with one attached hydrogen (secondary N) is 1. The Morgan fingerprint density at radius 3 is 2.16 bits per heavy atom. The Kier molecular flexibility index (Phi) is 10.2. The second kappa shape index (κ2) is 13.2.